The van der Waals surface area contributed by atoms with Crippen molar-refractivity contribution in [1.29, 1.82) is 0 Å². The molecule has 1 atom stereocenters. The molecule has 0 fully saturated rings. The molecule has 3 N–H and O–H groups in total. The normalized spacial score (nSPS) is 12.6. The summed E-state index contributed by atoms with van der Waals surface area (Å²) < 4.78 is 26.9. The molecule has 1 unspecified atom stereocenters. The monoisotopic (exact) mass is 321 g/mol. The van der Waals surface area contributed by atoms with E-state index in [-0.39, 0.29) is 10.9 Å². The van der Waals surface area contributed by atoms with Crippen molar-refractivity contribution in [2.24, 2.45) is 5.73 Å². The van der Waals surface area contributed by atoms with E-state index in [1.165, 1.54) is 18.2 Å². The molecule has 0 radical (unpaired) electrons. The van der Waals surface area contributed by atoms with Crippen LogP contribution < -0.4 is 10.5 Å². The first kappa shape index (κ1) is 15.9. The average molecular weight is 321 g/mol. The highest BCUT2D eigenvalue weighted by Gasteiger charge is 2.25. The number of anilines is 1. The first-order valence-corrected chi connectivity index (χ1v) is 7.91. The lowest BCUT2D eigenvalue weighted by Gasteiger charge is -2.10. The molecule has 2 aromatic carbocycles. The molecule has 2 aromatic rings. The third-order valence-electron chi connectivity index (χ3n) is 3.04. The zero-order valence-corrected chi connectivity index (χ0v) is 12.6. The van der Waals surface area contributed by atoms with E-state index in [0.717, 1.165) is 11.6 Å². The summed E-state index contributed by atoms with van der Waals surface area (Å²) in [7, 11) is -4.05. The number of sulfonamides is 1. The SMILES string of the molecule is CC(N)c1ccc(NS(=O)(=O)c2ccccc2[N+](=O)[O-])cc1. The minimum Gasteiger partial charge on any atom is -0.324 e. The van der Waals surface area contributed by atoms with Gasteiger partial charge in [-0.25, -0.2) is 8.42 Å². The minimum atomic E-state index is -4.05. The second-order valence-corrected chi connectivity index (χ2v) is 6.39. The topological polar surface area (TPSA) is 115 Å². The van der Waals surface area contributed by atoms with Crippen molar-refractivity contribution in [3.8, 4) is 0 Å². The van der Waals surface area contributed by atoms with Crippen molar-refractivity contribution in [3.05, 3.63) is 64.2 Å². The Morgan fingerprint density at radius 3 is 2.27 bits per heavy atom. The Kier molecular flexibility index (Phi) is 4.43. The average Bonchev–Trinajstić information content (AvgIpc) is 2.47. The number of hydrogen-bond acceptors (Lipinski definition) is 5. The van der Waals surface area contributed by atoms with Crippen molar-refractivity contribution >= 4 is 21.4 Å². The van der Waals surface area contributed by atoms with Gasteiger partial charge in [0.15, 0.2) is 4.90 Å². The largest absolute Gasteiger partial charge is 0.324 e. The van der Waals surface area contributed by atoms with E-state index in [9.17, 15) is 18.5 Å². The van der Waals surface area contributed by atoms with Crippen LogP contribution in [0, 0.1) is 10.1 Å². The molecule has 0 aliphatic heterocycles. The van der Waals surface area contributed by atoms with Gasteiger partial charge >= 0.3 is 0 Å². The lowest BCUT2D eigenvalue weighted by molar-refractivity contribution is -0.387. The van der Waals surface area contributed by atoms with Crippen LogP contribution in [-0.4, -0.2) is 13.3 Å². The summed E-state index contributed by atoms with van der Waals surface area (Å²) in [6, 6.07) is 11.5. The molecule has 0 aliphatic rings. The summed E-state index contributed by atoms with van der Waals surface area (Å²) in [6.45, 7) is 1.81. The first-order chi connectivity index (χ1) is 10.3. The van der Waals surface area contributed by atoms with Gasteiger partial charge in [-0.1, -0.05) is 24.3 Å². The Balaban J connectivity index is 2.34. The number of para-hydroxylation sites is 1. The summed E-state index contributed by atoms with van der Waals surface area (Å²) in [5.41, 5.74) is 6.41. The zero-order chi connectivity index (χ0) is 16.3. The molecule has 0 spiro atoms. The zero-order valence-electron chi connectivity index (χ0n) is 11.8. The van der Waals surface area contributed by atoms with E-state index in [0.29, 0.717) is 5.69 Å². The van der Waals surface area contributed by atoms with Crippen molar-refractivity contribution in [3.63, 3.8) is 0 Å². The van der Waals surface area contributed by atoms with E-state index in [2.05, 4.69) is 4.72 Å². The van der Waals surface area contributed by atoms with Crippen molar-refractivity contribution in [1.82, 2.24) is 0 Å². The van der Waals surface area contributed by atoms with Crippen LogP contribution in [-0.2, 0) is 10.0 Å². The molecule has 0 saturated heterocycles. The Bertz CT molecular complexity index is 786. The lowest BCUT2D eigenvalue weighted by Crippen LogP contribution is -2.14. The number of benzene rings is 2. The fourth-order valence-corrected chi connectivity index (χ4v) is 3.13. The van der Waals surface area contributed by atoms with Gasteiger partial charge in [0.2, 0.25) is 0 Å². The van der Waals surface area contributed by atoms with Gasteiger partial charge < -0.3 is 5.73 Å². The molecule has 0 aromatic heterocycles. The van der Waals surface area contributed by atoms with Crippen molar-refractivity contribution in [2.45, 2.75) is 17.9 Å². The van der Waals surface area contributed by atoms with Crippen LogP contribution in [0.1, 0.15) is 18.5 Å². The summed E-state index contributed by atoms with van der Waals surface area (Å²) in [5.74, 6) is 0. The number of rotatable bonds is 5. The second-order valence-electron chi connectivity index (χ2n) is 4.74. The molecular formula is C14H15N3O4S. The summed E-state index contributed by atoms with van der Waals surface area (Å²) in [5, 5.41) is 10.9. The van der Waals surface area contributed by atoms with Crippen LogP contribution in [0.3, 0.4) is 0 Å². The smallest absolute Gasteiger partial charge is 0.289 e. The summed E-state index contributed by atoms with van der Waals surface area (Å²) in [4.78, 5) is 9.83. The molecule has 0 heterocycles. The fourth-order valence-electron chi connectivity index (χ4n) is 1.90. The van der Waals surface area contributed by atoms with Crippen LogP contribution in [0.4, 0.5) is 11.4 Å². The third kappa shape index (κ3) is 3.41. The maximum atomic E-state index is 12.3. The highest BCUT2D eigenvalue weighted by atomic mass is 32.2. The van der Waals surface area contributed by atoms with Crippen LogP contribution in [0.25, 0.3) is 0 Å². The number of nitrogens with zero attached hydrogens (tertiary/aromatic N) is 1. The number of nitro groups is 1. The molecule has 7 nitrogen and oxygen atoms in total. The Hall–Kier alpha value is -2.45. The number of hydrogen-bond donors (Lipinski definition) is 2. The van der Waals surface area contributed by atoms with Crippen LogP contribution in [0.15, 0.2) is 53.4 Å². The van der Waals surface area contributed by atoms with E-state index in [4.69, 9.17) is 5.73 Å². The van der Waals surface area contributed by atoms with E-state index in [1.807, 2.05) is 6.92 Å². The molecule has 0 amide bonds. The second kappa shape index (κ2) is 6.12. The highest BCUT2D eigenvalue weighted by molar-refractivity contribution is 7.92. The Morgan fingerprint density at radius 1 is 1.14 bits per heavy atom. The number of nitrogens with one attached hydrogen (secondary N) is 1. The number of nitro benzene ring substituents is 1. The molecule has 116 valence electrons. The van der Waals surface area contributed by atoms with Crippen LogP contribution >= 0.6 is 0 Å². The van der Waals surface area contributed by atoms with Gasteiger partial charge in [-0.05, 0) is 30.7 Å². The highest BCUT2D eigenvalue weighted by Crippen LogP contribution is 2.25. The van der Waals surface area contributed by atoms with Gasteiger partial charge in [0.05, 0.1) is 4.92 Å². The first-order valence-electron chi connectivity index (χ1n) is 6.43. The van der Waals surface area contributed by atoms with Gasteiger partial charge in [0, 0.05) is 17.8 Å². The Labute approximate surface area is 128 Å². The molecule has 0 saturated carbocycles. The van der Waals surface area contributed by atoms with Crippen LogP contribution in [0.2, 0.25) is 0 Å². The summed E-state index contributed by atoms with van der Waals surface area (Å²) >= 11 is 0. The molecule has 8 heteroatoms. The van der Waals surface area contributed by atoms with E-state index < -0.39 is 20.6 Å². The third-order valence-corrected chi connectivity index (χ3v) is 4.47. The summed E-state index contributed by atoms with van der Waals surface area (Å²) in [6.07, 6.45) is 0. The van der Waals surface area contributed by atoms with Gasteiger partial charge in [-0.15, -0.1) is 0 Å². The number of nitrogens with two attached hydrogens (primary N) is 1. The van der Waals surface area contributed by atoms with Gasteiger partial charge in [-0.3, -0.25) is 14.8 Å². The standard InChI is InChI=1S/C14H15N3O4S/c1-10(15)11-6-8-12(9-7-11)16-22(20,21)14-5-3-2-4-13(14)17(18)19/h2-10,16H,15H2,1H3. The van der Waals surface area contributed by atoms with Crippen molar-refractivity contribution < 1.29 is 13.3 Å². The van der Waals surface area contributed by atoms with Gasteiger partial charge in [-0.2, -0.15) is 0 Å². The van der Waals surface area contributed by atoms with Gasteiger partial charge in [0.1, 0.15) is 0 Å². The quantitative estimate of drug-likeness (QED) is 0.648. The maximum Gasteiger partial charge on any atom is 0.289 e. The van der Waals surface area contributed by atoms with E-state index in [1.54, 1.807) is 24.3 Å². The maximum absolute atomic E-state index is 12.3. The Morgan fingerprint density at radius 2 is 1.73 bits per heavy atom. The van der Waals surface area contributed by atoms with Crippen LogP contribution in [0.5, 0.6) is 0 Å². The predicted molar refractivity (Wildman–Crippen MR) is 82.9 cm³/mol. The fraction of sp³-hybridized carbons (Fsp3) is 0.143. The molecule has 0 bridgehead atoms. The molecule has 2 rings (SSSR count). The molecule has 0 aliphatic carbocycles. The predicted octanol–water partition coefficient (Wildman–Crippen LogP) is 2.42. The lowest BCUT2D eigenvalue weighted by atomic mass is 10.1. The molecular weight excluding hydrogens is 306 g/mol. The molecule has 22 heavy (non-hydrogen) atoms. The minimum absolute atomic E-state index is 0.166. The van der Waals surface area contributed by atoms with Gasteiger partial charge in [0.25, 0.3) is 15.7 Å². The van der Waals surface area contributed by atoms with E-state index >= 15 is 0 Å². The van der Waals surface area contributed by atoms with Crippen molar-refractivity contribution in [2.75, 3.05) is 4.72 Å².